The fourth-order valence-electron chi connectivity index (χ4n) is 2.37. The Morgan fingerprint density at radius 2 is 2.11 bits per heavy atom. The van der Waals surface area contributed by atoms with Gasteiger partial charge in [0.1, 0.15) is 12.4 Å². The molecule has 0 saturated carbocycles. The summed E-state index contributed by atoms with van der Waals surface area (Å²) < 4.78 is 7.55. The summed E-state index contributed by atoms with van der Waals surface area (Å²) in [6.45, 7) is 1.27. The number of carbonyl (C=O) groups excluding carboxylic acids is 2. The van der Waals surface area contributed by atoms with E-state index in [1.165, 1.54) is 4.90 Å². The molecule has 0 spiro atoms. The van der Waals surface area contributed by atoms with Gasteiger partial charge < -0.3 is 14.2 Å². The molecule has 0 radical (unpaired) electrons. The highest BCUT2D eigenvalue weighted by Gasteiger charge is 2.25. The van der Waals surface area contributed by atoms with Crippen molar-refractivity contribution in [1.82, 2.24) is 9.47 Å². The Morgan fingerprint density at radius 1 is 1.32 bits per heavy atom. The Labute approximate surface area is 110 Å². The molecule has 3 rings (SSSR count). The van der Waals surface area contributed by atoms with E-state index < -0.39 is 11.7 Å². The number of Topliss-reactive ketones (excluding diaryl/α,β-unsaturated/α-hetero) is 1. The molecule has 0 bridgehead atoms. The van der Waals surface area contributed by atoms with Crippen LogP contribution < -0.4 is 4.74 Å². The monoisotopic (exact) mass is 258 g/mol. The fourth-order valence-corrected chi connectivity index (χ4v) is 2.37. The normalized spacial score (nSPS) is 13.2. The Kier molecular flexibility index (Phi) is 2.55. The third-order valence-electron chi connectivity index (χ3n) is 3.30. The number of hydrogen-bond donors (Lipinski definition) is 0. The summed E-state index contributed by atoms with van der Waals surface area (Å²) in [5.41, 5.74) is 1.34. The van der Waals surface area contributed by atoms with Crippen LogP contribution in [0.4, 0.5) is 0 Å². The summed E-state index contributed by atoms with van der Waals surface area (Å²) >= 11 is 0. The van der Waals surface area contributed by atoms with Crippen molar-refractivity contribution >= 4 is 22.6 Å². The average Bonchev–Trinajstić information content (AvgIpc) is 2.79. The lowest BCUT2D eigenvalue weighted by molar-refractivity contribution is -0.124. The second-order valence-electron chi connectivity index (χ2n) is 4.77. The first-order chi connectivity index (χ1) is 9.09. The summed E-state index contributed by atoms with van der Waals surface area (Å²) in [7, 11) is 3.15. The van der Waals surface area contributed by atoms with Gasteiger partial charge in [0.05, 0.1) is 17.6 Å². The van der Waals surface area contributed by atoms with Gasteiger partial charge in [0.2, 0.25) is 0 Å². The molecule has 1 aromatic heterocycles. The molecule has 0 fully saturated rings. The van der Waals surface area contributed by atoms with E-state index in [0.29, 0.717) is 18.7 Å². The molecular weight excluding hydrogens is 244 g/mol. The standard InChI is InChI=1S/C14H14N2O3/c1-15(2)14(18)13(17)10-8-16-6-7-19-11-5-3-4-9(10)12(11)16/h3-5,8H,6-7H2,1-2H3. The Balaban J connectivity index is 2.19. The van der Waals surface area contributed by atoms with Crippen molar-refractivity contribution in [1.29, 1.82) is 0 Å². The van der Waals surface area contributed by atoms with E-state index in [1.54, 1.807) is 20.3 Å². The second kappa shape index (κ2) is 4.12. The number of ketones is 1. The number of carbonyl (C=O) groups is 2. The summed E-state index contributed by atoms with van der Waals surface area (Å²) in [6.07, 6.45) is 1.75. The molecule has 5 heteroatoms. The maximum absolute atomic E-state index is 12.2. The minimum atomic E-state index is -0.510. The van der Waals surface area contributed by atoms with E-state index in [1.807, 2.05) is 22.8 Å². The zero-order chi connectivity index (χ0) is 13.6. The minimum Gasteiger partial charge on any atom is -0.490 e. The largest absolute Gasteiger partial charge is 0.490 e. The summed E-state index contributed by atoms with van der Waals surface area (Å²) in [4.78, 5) is 25.3. The van der Waals surface area contributed by atoms with E-state index >= 15 is 0 Å². The van der Waals surface area contributed by atoms with E-state index in [0.717, 1.165) is 16.7 Å². The Hall–Kier alpha value is -2.30. The fraction of sp³-hybridized carbons (Fsp3) is 0.286. The summed E-state index contributed by atoms with van der Waals surface area (Å²) in [5.74, 6) is -0.225. The van der Waals surface area contributed by atoms with Crippen LogP contribution in [0, 0.1) is 0 Å². The number of rotatable bonds is 2. The van der Waals surface area contributed by atoms with Crippen molar-refractivity contribution in [2.45, 2.75) is 6.54 Å². The number of amides is 1. The zero-order valence-corrected chi connectivity index (χ0v) is 10.8. The molecule has 0 N–H and O–H groups in total. The highest BCUT2D eigenvalue weighted by atomic mass is 16.5. The summed E-state index contributed by atoms with van der Waals surface area (Å²) in [5, 5.41) is 0.775. The highest BCUT2D eigenvalue weighted by molar-refractivity contribution is 6.44. The van der Waals surface area contributed by atoms with Crippen molar-refractivity contribution in [3.8, 4) is 5.75 Å². The van der Waals surface area contributed by atoms with Crippen LogP contribution in [0.5, 0.6) is 5.75 Å². The quantitative estimate of drug-likeness (QED) is 0.602. The van der Waals surface area contributed by atoms with E-state index in [2.05, 4.69) is 0 Å². The topological polar surface area (TPSA) is 51.5 Å². The molecule has 1 aliphatic heterocycles. The number of likely N-dealkylation sites (N-methyl/N-ethyl adjacent to an activating group) is 1. The number of nitrogens with zero attached hydrogens (tertiary/aromatic N) is 2. The van der Waals surface area contributed by atoms with Gasteiger partial charge in [0.25, 0.3) is 11.7 Å². The molecule has 1 aromatic carbocycles. The molecule has 5 nitrogen and oxygen atoms in total. The summed E-state index contributed by atoms with van der Waals surface area (Å²) in [6, 6.07) is 5.56. The maximum Gasteiger partial charge on any atom is 0.294 e. The first-order valence-corrected chi connectivity index (χ1v) is 6.10. The lowest BCUT2D eigenvalue weighted by Gasteiger charge is -2.16. The van der Waals surface area contributed by atoms with E-state index in [-0.39, 0.29) is 0 Å². The second-order valence-corrected chi connectivity index (χ2v) is 4.77. The SMILES string of the molecule is CN(C)C(=O)C(=O)c1cn2c3c(cccc13)OCC2. The molecule has 2 aromatic rings. The number of benzene rings is 1. The predicted octanol–water partition coefficient (Wildman–Crippen LogP) is 1.30. The highest BCUT2D eigenvalue weighted by Crippen LogP contribution is 2.32. The molecule has 19 heavy (non-hydrogen) atoms. The van der Waals surface area contributed by atoms with Crippen molar-refractivity contribution in [3.05, 3.63) is 30.0 Å². The molecule has 1 amide bonds. The molecule has 98 valence electrons. The van der Waals surface area contributed by atoms with Crippen LogP contribution in [0.15, 0.2) is 24.4 Å². The average molecular weight is 258 g/mol. The molecular formula is C14H14N2O3. The lowest BCUT2D eigenvalue weighted by Crippen LogP contribution is -2.29. The number of para-hydroxylation sites is 1. The number of ether oxygens (including phenoxy) is 1. The van der Waals surface area contributed by atoms with Gasteiger partial charge in [-0.15, -0.1) is 0 Å². The Morgan fingerprint density at radius 3 is 2.84 bits per heavy atom. The third-order valence-corrected chi connectivity index (χ3v) is 3.30. The number of hydrogen-bond acceptors (Lipinski definition) is 3. The van der Waals surface area contributed by atoms with Crippen LogP contribution in [0.2, 0.25) is 0 Å². The van der Waals surface area contributed by atoms with Gasteiger partial charge in [-0.3, -0.25) is 9.59 Å². The Bertz CT molecular complexity index is 685. The predicted molar refractivity (Wildman–Crippen MR) is 70.5 cm³/mol. The number of aromatic nitrogens is 1. The van der Waals surface area contributed by atoms with Crippen LogP contribution >= 0.6 is 0 Å². The molecule has 0 saturated heterocycles. The molecule has 0 unspecified atom stereocenters. The minimum absolute atomic E-state index is 0.445. The first kappa shape index (κ1) is 11.8. The van der Waals surface area contributed by atoms with Crippen molar-refractivity contribution in [2.24, 2.45) is 0 Å². The molecule has 0 atom stereocenters. The van der Waals surface area contributed by atoms with Crippen LogP contribution in [0.3, 0.4) is 0 Å². The van der Waals surface area contributed by atoms with Gasteiger partial charge in [0.15, 0.2) is 0 Å². The molecule has 1 aliphatic rings. The van der Waals surface area contributed by atoms with E-state index in [9.17, 15) is 9.59 Å². The first-order valence-electron chi connectivity index (χ1n) is 6.10. The van der Waals surface area contributed by atoms with Gasteiger partial charge in [-0.05, 0) is 6.07 Å². The van der Waals surface area contributed by atoms with Crippen molar-refractivity contribution in [2.75, 3.05) is 20.7 Å². The molecule has 2 heterocycles. The van der Waals surface area contributed by atoms with Crippen molar-refractivity contribution in [3.63, 3.8) is 0 Å². The van der Waals surface area contributed by atoms with Gasteiger partial charge in [0, 0.05) is 25.7 Å². The maximum atomic E-state index is 12.2. The van der Waals surface area contributed by atoms with Gasteiger partial charge in [-0.1, -0.05) is 12.1 Å². The molecule has 0 aliphatic carbocycles. The zero-order valence-electron chi connectivity index (χ0n) is 10.8. The van der Waals surface area contributed by atoms with Crippen molar-refractivity contribution < 1.29 is 14.3 Å². The van der Waals surface area contributed by atoms with Gasteiger partial charge in [-0.2, -0.15) is 0 Å². The van der Waals surface area contributed by atoms with Gasteiger partial charge >= 0.3 is 0 Å². The third kappa shape index (κ3) is 1.69. The smallest absolute Gasteiger partial charge is 0.294 e. The van der Waals surface area contributed by atoms with Crippen LogP contribution in [0.1, 0.15) is 10.4 Å². The van der Waals surface area contributed by atoms with Crippen LogP contribution in [-0.2, 0) is 11.3 Å². The van der Waals surface area contributed by atoms with E-state index in [4.69, 9.17) is 4.74 Å². The lowest BCUT2D eigenvalue weighted by atomic mass is 10.1. The van der Waals surface area contributed by atoms with Crippen LogP contribution in [0.25, 0.3) is 10.9 Å². The van der Waals surface area contributed by atoms with Gasteiger partial charge in [-0.25, -0.2) is 0 Å². The van der Waals surface area contributed by atoms with Crippen LogP contribution in [-0.4, -0.2) is 41.9 Å².